The van der Waals surface area contributed by atoms with Crippen molar-refractivity contribution >= 4 is 0 Å². The Labute approximate surface area is 116 Å². The van der Waals surface area contributed by atoms with Crippen LogP contribution in [0.3, 0.4) is 0 Å². The van der Waals surface area contributed by atoms with E-state index in [1.165, 1.54) is 12.1 Å². The fourth-order valence-electron chi connectivity index (χ4n) is 2.03. The predicted molar refractivity (Wildman–Crippen MR) is 70.9 cm³/mol. The standard InChI is InChI=1S/C14H17F2N3O/c1-18(9-13-17-6-7-19(13)2)8-12(20)10-4-3-5-11(15)14(10)16/h3-7,12,20H,8-9H2,1-2H3. The normalized spacial score (nSPS) is 12.9. The highest BCUT2D eigenvalue weighted by Crippen LogP contribution is 2.20. The highest BCUT2D eigenvalue weighted by Gasteiger charge is 2.18. The van der Waals surface area contributed by atoms with Crippen molar-refractivity contribution in [1.82, 2.24) is 14.5 Å². The van der Waals surface area contributed by atoms with Crippen LogP contribution in [0.4, 0.5) is 8.78 Å². The van der Waals surface area contributed by atoms with Crippen LogP contribution in [0.25, 0.3) is 0 Å². The first-order chi connectivity index (χ1) is 9.49. The Morgan fingerprint density at radius 2 is 2.15 bits per heavy atom. The predicted octanol–water partition coefficient (Wildman–Crippen LogP) is 1.86. The molecule has 0 radical (unpaired) electrons. The molecule has 4 nitrogen and oxygen atoms in total. The smallest absolute Gasteiger partial charge is 0.164 e. The zero-order chi connectivity index (χ0) is 14.7. The number of benzene rings is 1. The van der Waals surface area contributed by atoms with Crippen molar-refractivity contribution in [2.45, 2.75) is 12.6 Å². The second-order valence-corrected chi connectivity index (χ2v) is 4.81. The number of rotatable bonds is 5. The Bertz CT molecular complexity index is 586. The first-order valence-corrected chi connectivity index (χ1v) is 6.25. The molecule has 0 spiro atoms. The van der Waals surface area contributed by atoms with Gasteiger partial charge in [0.2, 0.25) is 0 Å². The number of aliphatic hydroxyl groups excluding tert-OH is 1. The van der Waals surface area contributed by atoms with Gasteiger partial charge >= 0.3 is 0 Å². The van der Waals surface area contributed by atoms with E-state index in [-0.39, 0.29) is 12.1 Å². The van der Waals surface area contributed by atoms with Crippen LogP contribution in [0, 0.1) is 11.6 Å². The summed E-state index contributed by atoms with van der Waals surface area (Å²) in [7, 11) is 3.66. The lowest BCUT2D eigenvalue weighted by Crippen LogP contribution is -2.26. The van der Waals surface area contributed by atoms with Crippen LogP contribution in [0.2, 0.25) is 0 Å². The summed E-state index contributed by atoms with van der Waals surface area (Å²) in [4.78, 5) is 5.98. The van der Waals surface area contributed by atoms with E-state index in [9.17, 15) is 13.9 Å². The third kappa shape index (κ3) is 3.20. The number of nitrogens with zero attached hydrogens (tertiary/aromatic N) is 3. The topological polar surface area (TPSA) is 41.3 Å². The minimum Gasteiger partial charge on any atom is -0.387 e. The summed E-state index contributed by atoms with van der Waals surface area (Å²) in [5, 5.41) is 10.0. The number of aromatic nitrogens is 2. The van der Waals surface area contributed by atoms with Gasteiger partial charge in [-0.25, -0.2) is 13.8 Å². The number of imidazole rings is 1. The summed E-state index contributed by atoms with van der Waals surface area (Å²) in [6.07, 6.45) is 2.42. The maximum absolute atomic E-state index is 13.6. The number of hydrogen-bond donors (Lipinski definition) is 1. The molecular weight excluding hydrogens is 264 g/mol. The zero-order valence-corrected chi connectivity index (χ0v) is 11.4. The van der Waals surface area contributed by atoms with Gasteiger partial charge in [-0.15, -0.1) is 0 Å². The molecule has 1 atom stereocenters. The average Bonchev–Trinajstić information content (AvgIpc) is 2.78. The first kappa shape index (κ1) is 14.6. The van der Waals surface area contributed by atoms with Crippen molar-refractivity contribution in [2.24, 2.45) is 7.05 Å². The van der Waals surface area contributed by atoms with Crippen molar-refractivity contribution in [3.8, 4) is 0 Å². The lowest BCUT2D eigenvalue weighted by Gasteiger charge is -2.20. The summed E-state index contributed by atoms with van der Waals surface area (Å²) in [6.45, 7) is 0.699. The molecule has 2 rings (SSSR count). The van der Waals surface area contributed by atoms with Gasteiger partial charge in [0.15, 0.2) is 11.6 Å². The number of likely N-dealkylation sites (N-methyl/N-ethyl adjacent to an activating group) is 1. The highest BCUT2D eigenvalue weighted by molar-refractivity contribution is 5.21. The molecule has 1 heterocycles. The summed E-state index contributed by atoms with van der Waals surface area (Å²) in [6, 6.07) is 3.80. The Balaban J connectivity index is 2.02. The van der Waals surface area contributed by atoms with E-state index in [4.69, 9.17) is 0 Å². The molecule has 1 unspecified atom stereocenters. The van der Waals surface area contributed by atoms with Crippen LogP contribution in [-0.4, -0.2) is 33.1 Å². The molecule has 20 heavy (non-hydrogen) atoms. The molecule has 1 aromatic heterocycles. The molecular formula is C14H17F2N3O. The second kappa shape index (κ2) is 6.11. The van der Waals surface area contributed by atoms with Crippen molar-refractivity contribution in [3.05, 3.63) is 53.6 Å². The third-order valence-corrected chi connectivity index (χ3v) is 3.16. The summed E-state index contributed by atoms with van der Waals surface area (Å²) >= 11 is 0. The molecule has 0 saturated heterocycles. The van der Waals surface area contributed by atoms with E-state index in [2.05, 4.69) is 4.98 Å². The van der Waals surface area contributed by atoms with Crippen LogP contribution >= 0.6 is 0 Å². The van der Waals surface area contributed by atoms with Gasteiger partial charge in [0.1, 0.15) is 5.82 Å². The minimum absolute atomic E-state index is 0.0308. The van der Waals surface area contributed by atoms with Gasteiger partial charge < -0.3 is 9.67 Å². The Morgan fingerprint density at radius 1 is 1.40 bits per heavy atom. The summed E-state index contributed by atoms with van der Waals surface area (Å²) < 4.78 is 28.6. The zero-order valence-electron chi connectivity index (χ0n) is 11.4. The number of hydrogen-bond acceptors (Lipinski definition) is 3. The Hall–Kier alpha value is -1.79. The Morgan fingerprint density at radius 3 is 2.80 bits per heavy atom. The monoisotopic (exact) mass is 281 g/mol. The van der Waals surface area contributed by atoms with Crippen molar-refractivity contribution in [3.63, 3.8) is 0 Å². The van der Waals surface area contributed by atoms with Crippen molar-refractivity contribution < 1.29 is 13.9 Å². The molecule has 108 valence electrons. The lowest BCUT2D eigenvalue weighted by molar-refractivity contribution is 0.118. The largest absolute Gasteiger partial charge is 0.387 e. The van der Waals surface area contributed by atoms with Crippen LogP contribution in [0.1, 0.15) is 17.5 Å². The first-order valence-electron chi connectivity index (χ1n) is 6.25. The number of halogens is 2. The molecule has 0 aliphatic rings. The second-order valence-electron chi connectivity index (χ2n) is 4.81. The van der Waals surface area contributed by atoms with Crippen molar-refractivity contribution in [1.29, 1.82) is 0 Å². The van der Waals surface area contributed by atoms with Gasteiger partial charge in [-0.2, -0.15) is 0 Å². The fraction of sp³-hybridized carbons (Fsp3) is 0.357. The van der Waals surface area contributed by atoms with Crippen molar-refractivity contribution in [2.75, 3.05) is 13.6 Å². The average molecular weight is 281 g/mol. The number of aryl methyl sites for hydroxylation is 1. The van der Waals surface area contributed by atoms with E-state index >= 15 is 0 Å². The Kier molecular flexibility index (Phi) is 4.46. The molecule has 1 aromatic carbocycles. The molecule has 0 saturated carbocycles. The fourth-order valence-corrected chi connectivity index (χ4v) is 2.03. The van der Waals surface area contributed by atoms with Crippen LogP contribution in [-0.2, 0) is 13.6 Å². The summed E-state index contributed by atoms with van der Waals surface area (Å²) in [5.74, 6) is -1.11. The maximum atomic E-state index is 13.6. The van der Waals surface area contributed by atoms with E-state index in [1.54, 1.807) is 18.1 Å². The van der Waals surface area contributed by atoms with Crippen LogP contribution < -0.4 is 0 Å². The molecule has 0 aliphatic heterocycles. The van der Waals surface area contributed by atoms with Crippen LogP contribution in [0.15, 0.2) is 30.6 Å². The van der Waals surface area contributed by atoms with Gasteiger partial charge in [-0.05, 0) is 13.1 Å². The van der Waals surface area contributed by atoms with Crippen LogP contribution in [0.5, 0.6) is 0 Å². The van der Waals surface area contributed by atoms with Gasteiger partial charge in [0.05, 0.1) is 12.6 Å². The molecule has 0 aliphatic carbocycles. The van der Waals surface area contributed by atoms with Gasteiger partial charge in [-0.3, -0.25) is 4.90 Å². The van der Waals surface area contributed by atoms with E-state index in [1.807, 2.05) is 17.8 Å². The lowest BCUT2D eigenvalue weighted by atomic mass is 10.1. The van der Waals surface area contributed by atoms with Gasteiger partial charge in [0.25, 0.3) is 0 Å². The summed E-state index contributed by atoms with van der Waals surface area (Å²) in [5.41, 5.74) is -0.0308. The molecule has 6 heteroatoms. The molecule has 0 amide bonds. The number of aliphatic hydroxyl groups is 1. The molecule has 0 fully saturated rings. The van der Waals surface area contributed by atoms with Gasteiger partial charge in [0, 0.05) is 31.5 Å². The molecule has 2 aromatic rings. The van der Waals surface area contributed by atoms with E-state index in [0.717, 1.165) is 11.9 Å². The third-order valence-electron chi connectivity index (χ3n) is 3.16. The van der Waals surface area contributed by atoms with Gasteiger partial charge in [-0.1, -0.05) is 12.1 Å². The SMILES string of the molecule is CN(Cc1nccn1C)CC(O)c1cccc(F)c1F. The quantitative estimate of drug-likeness (QED) is 0.909. The van der Waals surface area contributed by atoms with E-state index in [0.29, 0.717) is 6.54 Å². The molecule has 0 bridgehead atoms. The maximum Gasteiger partial charge on any atom is 0.164 e. The van der Waals surface area contributed by atoms with E-state index < -0.39 is 17.7 Å². The molecule has 1 N–H and O–H groups in total. The highest BCUT2D eigenvalue weighted by atomic mass is 19.2. The minimum atomic E-state index is -1.09.